The van der Waals surface area contributed by atoms with Crippen LogP contribution in [0.3, 0.4) is 0 Å². The first-order valence-electron chi connectivity index (χ1n) is 5.09. The van der Waals surface area contributed by atoms with Gasteiger partial charge in [0, 0.05) is 12.1 Å². The maximum atomic E-state index is 12.0. The Morgan fingerprint density at radius 3 is 2.21 bits per heavy atom. The van der Waals surface area contributed by atoms with Crippen molar-refractivity contribution in [2.75, 3.05) is 0 Å². The number of carbonyl (C=O) groups is 1. The summed E-state index contributed by atoms with van der Waals surface area (Å²) in [6.07, 6.45) is 1.59. The van der Waals surface area contributed by atoms with E-state index < -0.39 is 6.10 Å². The Morgan fingerprint density at radius 1 is 1.43 bits per heavy atom. The summed E-state index contributed by atoms with van der Waals surface area (Å²) in [5, 5.41) is 9.37. The SMILES string of the molecule is CC(O)C(I)C(=O)N1C(C)CC[C@H]1C. The third-order valence-electron chi connectivity index (χ3n) is 2.87. The van der Waals surface area contributed by atoms with E-state index in [0.29, 0.717) is 12.1 Å². The van der Waals surface area contributed by atoms with E-state index in [1.165, 1.54) is 0 Å². The predicted octanol–water partition coefficient (Wildman–Crippen LogP) is 1.57. The van der Waals surface area contributed by atoms with Gasteiger partial charge in [-0.15, -0.1) is 0 Å². The Balaban J connectivity index is 2.68. The smallest absolute Gasteiger partial charge is 0.238 e. The van der Waals surface area contributed by atoms with Crippen LogP contribution in [0.15, 0.2) is 0 Å². The lowest BCUT2D eigenvalue weighted by molar-refractivity contribution is -0.134. The zero-order chi connectivity index (χ0) is 10.9. The summed E-state index contributed by atoms with van der Waals surface area (Å²) in [4.78, 5) is 13.9. The van der Waals surface area contributed by atoms with Gasteiger partial charge < -0.3 is 10.0 Å². The molecule has 0 saturated carbocycles. The average Bonchev–Trinajstić information content (AvgIpc) is 2.44. The number of amides is 1. The van der Waals surface area contributed by atoms with Crippen LogP contribution in [0, 0.1) is 0 Å². The van der Waals surface area contributed by atoms with E-state index in [0.717, 1.165) is 12.8 Å². The van der Waals surface area contributed by atoms with Crippen molar-refractivity contribution in [1.82, 2.24) is 4.90 Å². The Hall–Kier alpha value is 0.160. The molecule has 1 saturated heterocycles. The summed E-state index contributed by atoms with van der Waals surface area (Å²) in [6.45, 7) is 5.82. The minimum absolute atomic E-state index is 0.0816. The first kappa shape index (κ1) is 12.2. The van der Waals surface area contributed by atoms with Gasteiger partial charge in [-0.3, -0.25) is 4.79 Å². The number of hydrogen-bond donors (Lipinski definition) is 1. The van der Waals surface area contributed by atoms with Gasteiger partial charge >= 0.3 is 0 Å². The number of aliphatic hydroxyl groups excluding tert-OH is 1. The molecule has 1 heterocycles. The first-order chi connectivity index (χ1) is 6.45. The van der Waals surface area contributed by atoms with Crippen LogP contribution in [0.1, 0.15) is 33.6 Å². The van der Waals surface area contributed by atoms with E-state index in [1.54, 1.807) is 6.92 Å². The van der Waals surface area contributed by atoms with Gasteiger partial charge in [-0.05, 0) is 33.6 Å². The first-order valence-corrected chi connectivity index (χ1v) is 6.34. The summed E-state index contributed by atoms with van der Waals surface area (Å²) in [5.41, 5.74) is 0. The molecule has 14 heavy (non-hydrogen) atoms. The van der Waals surface area contributed by atoms with Gasteiger partial charge in [-0.2, -0.15) is 0 Å². The van der Waals surface area contributed by atoms with Crippen LogP contribution in [-0.4, -0.2) is 38.0 Å². The van der Waals surface area contributed by atoms with E-state index in [2.05, 4.69) is 13.8 Å². The maximum Gasteiger partial charge on any atom is 0.238 e. The van der Waals surface area contributed by atoms with Crippen molar-refractivity contribution in [3.05, 3.63) is 0 Å². The summed E-state index contributed by atoms with van der Waals surface area (Å²) in [5.74, 6) is 0.0816. The van der Waals surface area contributed by atoms with Crippen LogP contribution in [0.5, 0.6) is 0 Å². The lowest BCUT2D eigenvalue weighted by Crippen LogP contribution is -2.45. The molecule has 1 aliphatic heterocycles. The van der Waals surface area contributed by atoms with Crippen molar-refractivity contribution >= 4 is 28.5 Å². The molecule has 4 atom stereocenters. The molecular weight excluding hydrogens is 293 g/mol. The molecule has 1 aliphatic rings. The Morgan fingerprint density at radius 2 is 1.86 bits per heavy atom. The molecule has 3 nitrogen and oxygen atoms in total. The zero-order valence-electron chi connectivity index (χ0n) is 8.90. The molecule has 0 aromatic rings. The minimum Gasteiger partial charge on any atom is -0.392 e. The van der Waals surface area contributed by atoms with E-state index >= 15 is 0 Å². The highest BCUT2D eigenvalue weighted by Gasteiger charge is 2.35. The van der Waals surface area contributed by atoms with Crippen LogP contribution < -0.4 is 0 Å². The van der Waals surface area contributed by atoms with E-state index in [4.69, 9.17) is 0 Å². The van der Waals surface area contributed by atoms with E-state index in [-0.39, 0.29) is 9.83 Å². The number of rotatable bonds is 2. The van der Waals surface area contributed by atoms with Gasteiger partial charge in [-0.1, -0.05) is 22.6 Å². The molecule has 0 bridgehead atoms. The molecule has 4 heteroatoms. The van der Waals surface area contributed by atoms with Crippen molar-refractivity contribution < 1.29 is 9.90 Å². The second-order valence-electron chi connectivity index (χ2n) is 4.16. The zero-order valence-corrected chi connectivity index (χ0v) is 11.1. The molecule has 0 spiro atoms. The molecule has 0 radical (unpaired) electrons. The number of halogens is 1. The van der Waals surface area contributed by atoms with Crippen LogP contribution >= 0.6 is 22.6 Å². The fraction of sp³-hybridized carbons (Fsp3) is 0.900. The summed E-state index contributed by atoms with van der Waals surface area (Å²) in [6, 6.07) is 0.655. The Kier molecular flexibility index (Phi) is 4.18. The topological polar surface area (TPSA) is 40.5 Å². The fourth-order valence-corrected chi connectivity index (χ4v) is 2.30. The van der Waals surface area contributed by atoms with Gasteiger partial charge in [0.2, 0.25) is 5.91 Å². The Labute approximate surface area is 99.0 Å². The van der Waals surface area contributed by atoms with Gasteiger partial charge in [0.1, 0.15) is 3.92 Å². The quantitative estimate of drug-likeness (QED) is 0.621. The third-order valence-corrected chi connectivity index (χ3v) is 4.44. The highest BCUT2D eigenvalue weighted by atomic mass is 127. The summed E-state index contributed by atoms with van der Waals surface area (Å²) >= 11 is 2.03. The lowest BCUT2D eigenvalue weighted by Gasteiger charge is -2.29. The van der Waals surface area contributed by atoms with Crippen molar-refractivity contribution in [1.29, 1.82) is 0 Å². The largest absolute Gasteiger partial charge is 0.392 e. The monoisotopic (exact) mass is 311 g/mol. The maximum absolute atomic E-state index is 12.0. The number of hydrogen-bond acceptors (Lipinski definition) is 2. The normalized spacial score (nSPS) is 31.6. The third kappa shape index (κ3) is 2.39. The van der Waals surface area contributed by atoms with Crippen molar-refractivity contribution in [3.8, 4) is 0 Å². The number of aliphatic hydroxyl groups is 1. The molecule has 0 aromatic carbocycles. The number of likely N-dealkylation sites (tertiary alicyclic amines) is 1. The molecule has 1 rings (SSSR count). The van der Waals surface area contributed by atoms with Gasteiger partial charge in [0.15, 0.2) is 0 Å². The van der Waals surface area contributed by atoms with Crippen molar-refractivity contribution in [2.45, 2.75) is 55.7 Å². The number of nitrogens with zero attached hydrogens (tertiary/aromatic N) is 1. The molecular formula is C10H18INO2. The standard InChI is InChI=1S/C10H18INO2/c1-6-4-5-7(2)12(6)10(14)9(11)8(3)13/h6-9,13H,4-5H2,1-3H3/t6-,7?,8?,9?/m1/s1. The van der Waals surface area contributed by atoms with Crippen molar-refractivity contribution in [3.63, 3.8) is 0 Å². The van der Waals surface area contributed by atoms with Crippen LogP contribution in [0.25, 0.3) is 0 Å². The molecule has 82 valence electrons. The van der Waals surface area contributed by atoms with Crippen molar-refractivity contribution in [2.24, 2.45) is 0 Å². The van der Waals surface area contributed by atoms with Gasteiger partial charge in [0.05, 0.1) is 6.10 Å². The minimum atomic E-state index is -0.567. The highest BCUT2D eigenvalue weighted by molar-refractivity contribution is 14.1. The molecule has 1 fully saturated rings. The molecule has 0 aliphatic carbocycles. The predicted molar refractivity (Wildman–Crippen MR) is 64.5 cm³/mol. The van der Waals surface area contributed by atoms with E-state index in [1.807, 2.05) is 27.5 Å². The molecule has 0 aromatic heterocycles. The summed E-state index contributed by atoms with van der Waals surface area (Å²) in [7, 11) is 0. The highest BCUT2D eigenvalue weighted by Crippen LogP contribution is 2.26. The summed E-state index contributed by atoms with van der Waals surface area (Å²) < 4.78 is -0.310. The van der Waals surface area contributed by atoms with Crippen LogP contribution in [0.4, 0.5) is 0 Å². The molecule has 3 unspecified atom stereocenters. The fourth-order valence-electron chi connectivity index (χ4n) is 1.98. The van der Waals surface area contributed by atoms with Gasteiger partial charge in [-0.25, -0.2) is 0 Å². The lowest BCUT2D eigenvalue weighted by atomic mass is 10.2. The van der Waals surface area contributed by atoms with Crippen LogP contribution in [0.2, 0.25) is 0 Å². The average molecular weight is 311 g/mol. The number of alkyl halides is 1. The number of carbonyl (C=O) groups excluding carboxylic acids is 1. The van der Waals surface area contributed by atoms with Gasteiger partial charge in [0.25, 0.3) is 0 Å². The van der Waals surface area contributed by atoms with E-state index in [9.17, 15) is 9.90 Å². The second kappa shape index (κ2) is 4.79. The molecule has 1 amide bonds. The Bertz CT molecular complexity index is 210. The second-order valence-corrected chi connectivity index (χ2v) is 5.51. The van der Waals surface area contributed by atoms with Crippen LogP contribution in [-0.2, 0) is 4.79 Å². The molecule has 1 N–H and O–H groups in total.